The van der Waals surface area contributed by atoms with Crippen LogP contribution >= 0.6 is 12.2 Å². The third-order valence-corrected chi connectivity index (χ3v) is 4.88. The van der Waals surface area contributed by atoms with Crippen LogP contribution in [-0.4, -0.2) is 37.8 Å². The van der Waals surface area contributed by atoms with Crippen molar-refractivity contribution in [3.05, 3.63) is 65.4 Å². The van der Waals surface area contributed by atoms with Gasteiger partial charge in [0.05, 0.1) is 25.8 Å². The lowest BCUT2D eigenvalue weighted by Crippen LogP contribution is -2.45. The molecular formula is C22H23N3O5S. The molecule has 8 nitrogen and oxygen atoms in total. The van der Waals surface area contributed by atoms with Crippen LogP contribution < -0.4 is 25.4 Å². The van der Waals surface area contributed by atoms with Crippen LogP contribution in [0.1, 0.15) is 18.5 Å². The summed E-state index contributed by atoms with van der Waals surface area (Å²) in [5, 5.41) is 9.48. The SMILES string of the molecule is COC(=O)COc1ccc([C@@H]2NC(=S)NC(C)=C2C(=O)Nc2ccc(OC)cc2)cc1. The summed E-state index contributed by atoms with van der Waals surface area (Å²) in [6.45, 7) is 1.62. The highest BCUT2D eigenvalue weighted by Gasteiger charge is 2.30. The number of esters is 1. The average Bonchev–Trinajstić information content (AvgIpc) is 2.77. The molecule has 0 spiro atoms. The van der Waals surface area contributed by atoms with Gasteiger partial charge in [0.25, 0.3) is 5.91 Å². The van der Waals surface area contributed by atoms with Crippen LogP contribution in [0.15, 0.2) is 59.8 Å². The van der Waals surface area contributed by atoms with Crippen molar-refractivity contribution < 1.29 is 23.8 Å². The highest BCUT2D eigenvalue weighted by molar-refractivity contribution is 7.80. The molecule has 0 aromatic heterocycles. The van der Waals surface area contributed by atoms with Gasteiger partial charge in [-0.05, 0) is 61.1 Å². The third-order valence-electron chi connectivity index (χ3n) is 4.66. The topological polar surface area (TPSA) is 97.9 Å². The number of carbonyl (C=O) groups excluding carboxylic acids is 2. The zero-order chi connectivity index (χ0) is 22.4. The van der Waals surface area contributed by atoms with Gasteiger partial charge in [0, 0.05) is 11.4 Å². The number of thiocarbonyl (C=S) groups is 1. The van der Waals surface area contributed by atoms with E-state index >= 15 is 0 Å². The van der Waals surface area contributed by atoms with Crippen molar-refractivity contribution in [3.8, 4) is 11.5 Å². The molecule has 0 bridgehead atoms. The molecular weight excluding hydrogens is 418 g/mol. The predicted molar refractivity (Wildman–Crippen MR) is 120 cm³/mol. The molecule has 0 radical (unpaired) electrons. The summed E-state index contributed by atoms with van der Waals surface area (Å²) < 4.78 is 15.1. The summed E-state index contributed by atoms with van der Waals surface area (Å²) in [4.78, 5) is 24.3. The monoisotopic (exact) mass is 441 g/mol. The van der Waals surface area contributed by atoms with Crippen LogP contribution in [0.25, 0.3) is 0 Å². The van der Waals surface area contributed by atoms with Crippen molar-refractivity contribution in [2.24, 2.45) is 0 Å². The van der Waals surface area contributed by atoms with Crippen LogP contribution in [0.2, 0.25) is 0 Å². The molecule has 1 amide bonds. The van der Waals surface area contributed by atoms with E-state index in [2.05, 4.69) is 20.7 Å². The quantitative estimate of drug-likeness (QED) is 0.446. The number of nitrogens with one attached hydrogen (secondary N) is 3. The zero-order valence-corrected chi connectivity index (χ0v) is 18.2. The molecule has 31 heavy (non-hydrogen) atoms. The molecule has 1 aliphatic rings. The molecule has 9 heteroatoms. The van der Waals surface area contributed by atoms with Gasteiger partial charge in [0.15, 0.2) is 11.7 Å². The van der Waals surface area contributed by atoms with Gasteiger partial charge >= 0.3 is 5.97 Å². The summed E-state index contributed by atoms with van der Waals surface area (Å²) in [6, 6.07) is 13.7. The molecule has 1 atom stereocenters. The molecule has 0 saturated carbocycles. The number of methoxy groups -OCH3 is 2. The molecule has 1 aliphatic heterocycles. The highest BCUT2D eigenvalue weighted by atomic mass is 32.1. The first kappa shape index (κ1) is 22.1. The number of ether oxygens (including phenoxy) is 3. The minimum atomic E-state index is -0.467. The Morgan fingerprint density at radius 3 is 2.29 bits per heavy atom. The lowest BCUT2D eigenvalue weighted by atomic mass is 9.95. The van der Waals surface area contributed by atoms with Gasteiger partial charge in [-0.1, -0.05) is 12.1 Å². The van der Waals surface area contributed by atoms with Crippen molar-refractivity contribution in [1.82, 2.24) is 10.6 Å². The summed E-state index contributed by atoms with van der Waals surface area (Å²) in [6.07, 6.45) is 0. The van der Waals surface area contributed by atoms with Crippen molar-refractivity contribution in [2.75, 3.05) is 26.1 Å². The van der Waals surface area contributed by atoms with Gasteiger partial charge in [0.2, 0.25) is 0 Å². The standard InChI is InChI=1S/C22H23N3O5S/c1-13-19(21(27)24-15-6-10-16(28-2)11-7-15)20(25-22(31)23-13)14-4-8-17(9-5-14)30-12-18(26)29-3/h4-11,20H,12H2,1-3H3,(H,24,27)(H2,23,25,31)/t20-/m0/s1. The average molecular weight is 442 g/mol. The van der Waals surface area contributed by atoms with Crippen molar-refractivity contribution in [3.63, 3.8) is 0 Å². The summed E-state index contributed by atoms with van der Waals surface area (Å²) in [7, 11) is 2.88. The zero-order valence-electron chi connectivity index (χ0n) is 17.4. The lowest BCUT2D eigenvalue weighted by molar-refractivity contribution is -0.142. The molecule has 3 N–H and O–H groups in total. The van der Waals surface area contributed by atoms with Gasteiger partial charge in [-0.15, -0.1) is 0 Å². The van der Waals surface area contributed by atoms with E-state index in [1.54, 1.807) is 50.4 Å². The first-order valence-corrected chi connectivity index (χ1v) is 9.85. The predicted octanol–water partition coefficient (Wildman–Crippen LogP) is 2.68. The van der Waals surface area contributed by atoms with Crippen molar-refractivity contribution >= 4 is 34.9 Å². The first-order valence-electron chi connectivity index (χ1n) is 9.44. The normalized spacial score (nSPS) is 15.5. The maximum atomic E-state index is 13.1. The Bertz CT molecular complexity index is 1000. The maximum Gasteiger partial charge on any atom is 0.343 e. The van der Waals surface area contributed by atoms with Gasteiger partial charge in [-0.2, -0.15) is 0 Å². The van der Waals surface area contributed by atoms with Crippen LogP contribution in [-0.2, 0) is 14.3 Å². The van der Waals surface area contributed by atoms with E-state index in [0.29, 0.717) is 33.6 Å². The maximum absolute atomic E-state index is 13.1. The van der Waals surface area contributed by atoms with Crippen molar-refractivity contribution in [2.45, 2.75) is 13.0 Å². The Balaban J connectivity index is 1.80. The van der Waals surface area contributed by atoms with Gasteiger partial charge in [-0.25, -0.2) is 4.79 Å². The number of rotatable bonds is 7. The molecule has 2 aromatic rings. The number of anilines is 1. The fraction of sp³-hybridized carbons (Fsp3) is 0.227. The molecule has 2 aromatic carbocycles. The number of hydrogen-bond acceptors (Lipinski definition) is 6. The minimum Gasteiger partial charge on any atom is -0.497 e. The Morgan fingerprint density at radius 1 is 1.03 bits per heavy atom. The van der Waals surface area contributed by atoms with Crippen LogP contribution in [0.5, 0.6) is 11.5 Å². The molecule has 0 fully saturated rings. The van der Waals surface area contributed by atoms with E-state index in [1.165, 1.54) is 7.11 Å². The summed E-state index contributed by atoms with van der Waals surface area (Å²) in [5.74, 6) is 0.481. The van der Waals surface area contributed by atoms with E-state index in [4.69, 9.17) is 21.7 Å². The lowest BCUT2D eigenvalue weighted by Gasteiger charge is -2.30. The molecule has 0 unspecified atom stereocenters. The van der Waals surface area contributed by atoms with Gasteiger partial charge < -0.3 is 30.2 Å². The molecule has 162 valence electrons. The first-order chi connectivity index (χ1) is 14.9. The van der Waals surface area contributed by atoms with Crippen LogP contribution in [0.3, 0.4) is 0 Å². The minimum absolute atomic E-state index is 0.180. The second-order valence-electron chi connectivity index (χ2n) is 6.69. The summed E-state index contributed by atoms with van der Waals surface area (Å²) in [5.41, 5.74) is 2.62. The van der Waals surface area contributed by atoms with Crippen LogP contribution in [0.4, 0.5) is 5.69 Å². The number of allylic oxidation sites excluding steroid dienone is 1. The second kappa shape index (κ2) is 9.94. The molecule has 1 heterocycles. The molecule has 0 saturated heterocycles. The Morgan fingerprint density at radius 2 is 1.68 bits per heavy atom. The van der Waals surface area contributed by atoms with Gasteiger partial charge in [-0.3, -0.25) is 4.79 Å². The fourth-order valence-corrected chi connectivity index (χ4v) is 3.35. The van der Waals surface area contributed by atoms with Crippen LogP contribution in [0, 0.1) is 0 Å². The van der Waals surface area contributed by atoms with E-state index in [1.807, 2.05) is 12.1 Å². The third kappa shape index (κ3) is 5.52. The highest BCUT2D eigenvalue weighted by Crippen LogP contribution is 2.29. The van der Waals surface area contributed by atoms with E-state index in [-0.39, 0.29) is 12.5 Å². The Kier molecular flexibility index (Phi) is 7.09. The van der Waals surface area contributed by atoms with Gasteiger partial charge in [0.1, 0.15) is 11.5 Å². The Labute approximate surface area is 185 Å². The second-order valence-corrected chi connectivity index (χ2v) is 7.09. The van der Waals surface area contributed by atoms with Crippen molar-refractivity contribution in [1.29, 1.82) is 0 Å². The fourth-order valence-electron chi connectivity index (χ4n) is 3.08. The van der Waals surface area contributed by atoms with E-state index in [0.717, 1.165) is 5.56 Å². The molecule has 3 rings (SSSR count). The number of amides is 1. The molecule has 0 aliphatic carbocycles. The number of hydrogen-bond donors (Lipinski definition) is 3. The van der Waals surface area contributed by atoms with E-state index in [9.17, 15) is 9.59 Å². The summed E-state index contributed by atoms with van der Waals surface area (Å²) >= 11 is 5.29. The Hall–Kier alpha value is -3.59. The largest absolute Gasteiger partial charge is 0.497 e. The van der Waals surface area contributed by atoms with E-state index < -0.39 is 12.0 Å². The smallest absolute Gasteiger partial charge is 0.343 e. The number of benzene rings is 2. The number of carbonyl (C=O) groups is 2.